The van der Waals surface area contributed by atoms with Gasteiger partial charge in [0.15, 0.2) is 0 Å². The van der Waals surface area contributed by atoms with Crippen molar-refractivity contribution >= 4 is 17.2 Å². The number of hydrogen-bond acceptors (Lipinski definition) is 3. The fourth-order valence-corrected chi connectivity index (χ4v) is 2.98. The number of β-amino-alcohol motifs (C(OH)–C–C–N with tert-alkyl or cyclic N) is 1. The van der Waals surface area contributed by atoms with E-state index in [1.165, 1.54) is 10.4 Å². The van der Waals surface area contributed by atoms with Crippen molar-refractivity contribution in [1.29, 1.82) is 0 Å². The molecule has 1 amide bonds. The zero-order valence-corrected chi connectivity index (χ0v) is 10.5. The number of aliphatic hydroxyl groups is 1. The second-order valence-corrected chi connectivity index (χ2v) is 5.65. The SMILES string of the molecule is Cc1cc(C(=O)N2CCCC(O)C2)sc1C. The molecule has 1 atom stereocenters. The molecular weight excluding hydrogens is 222 g/mol. The summed E-state index contributed by atoms with van der Waals surface area (Å²) in [4.78, 5) is 15.9. The molecule has 2 rings (SSSR count). The number of amides is 1. The minimum absolute atomic E-state index is 0.0694. The van der Waals surface area contributed by atoms with Crippen molar-refractivity contribution in [3.63, 3.8) is 0 Å². The highest BCUT2D eigenvalue weighted by Crippen LogP contribution is 2.23. The van der Waals surface area contributed by atoms with Gasteiger partial charge in [-0.05, 0) is 38.3 Å². The molecule has 1 N–H and O–H groups in total. The van der Waals surface area contributed by atoms with Crippen molar-refractivity contribution < 1.29 is 9.90 Å². The Labute approximate surface area is 99.7 Å². The van der Waals surface area contributed by atoms with Gasteiger partial charge >= 0.3 is 0 Å². The highest BCUT2D eigenvalue weighted by Gasteiger charge is 2.24. The molecule has 0 bridgehead atoms. The predicted molar refractivity (Wildman–Crippen MR) is 64.9 cm³/mol. The van der Waals surface area contributed by atoms with Gasteiger partial charge in [-0.3, -0.25) is 4.79 Å². The zero-order valence-electron chi connectivity index (χ0n) is 9.69. The number of nitrogens with zero attached hydrogens (tertiary/aromatic N) is 1. The van der Waals surface area contributed by atoms with Gasteiger partial charge in [-0.15, -0.1) is 11.3 Å². The lowest BCUT2D eigenvalue weighted by Crippen LogP contribution is -2.41. The van der Waals surface area contributed by atoms with Gasteiger partial charge in [0.2, 0.25) is 0 Å². The summed E-state index contributed by atoms with van der Waals surface area (Å²) >= 11 is 1.54. The molecule has 1 aliphatic heterocycles. The van der Waals surface area contributed by atoms with Gasteiger partial charge in [0.1, 0.15) is 0 Å². The van der Waals surface area contributed by atoms with E-state index >= 15 is 0 Å². The number of piperidine rings is 1. The van der Waals surface area contributed by atoms with Crippen LogP contribution in [0.5, 0.6) is 0 Å². The van der Waals surface area contributed by atoms with E-state index in [9.17, 15) is 9.90 Å². The number of aliphatic hydroxyl groups excluding tert-OH is 1. The van der Waals surface area contributed by atoms with Crippen molar-refractivity contribution in [1.82, 2.24) is 4.90 Å². The third-order valence-corrected chi connectivity index (χ3v) is 4.20. The Bertz CT molecular complexity index is 380. The van der Waals surface area contributed by atoms with Crippen LogP contribution < -0.4 is 0 Å². The average Bonchev–Trinajstić information content (AvgIpc) is 2.58. The van der Waals surface area contributed by atoms with E-state index in [4.69, 9.17) is 0 Å². The van der Waals surface area contributed by atoms with Crippen molar-refractivity contribution in [2.45, 2.75) is 32.8 Å². The van der Waals surface area contributed by atoms with Crippen LogP contribution in [-0.4, -0.2) is 35.1 Å². The third-order valence-electron chi connectivity index (χ3n) is 3.06. The number of thiophene rings is 1. The standard InChI is InChI=1S/C12H17NO2S/c1-8-6-11(16-9(8)2)12(15)13-5-3-4-10(14)7-13/h6,10,14H,3-5,7H2,1-2H3. The van der Waals surface area contributed by atoms with Crippen LogP contribution >= 0.6 is 11.3 Å². The molecule has 88 valence electrons. The second-order valence-electron chi connectivity index (χ2n) is 4.40. The molecule has 1 aromatic rings. The number of hydrogen-bond donors (Lipinski definition) is 1. The van der Waals surface area contributed by atoms with Crippen LogP contribution in [0.15, 0.2) is 6.07 Å². The number of rotatable bonds is 1. The molecule has 1 saturated heterocycles. The highest BCUT2D eigenvalue weighted by molar-refractivity contribution is 7.14. The molecule has 0 aromatic carbocycles. The van der Waals surface area contributed by atoms with E-state index < -0.39 is 0 Å². The first-order valence-corrected chi connectivity index (χ1v) is 6.44. The Morgan fingerprint density at radius 2 is 2.31 bits per heavy atom. The van der Waals surface area contributed by atoms with Gasteiger partial charge in [-0.2, -0.15) is 0 Å². The van der Waals surface area contributed by atoms with E-state index in [0.717, 1.165) is 24.3 Å². The summed E-state index contributed by atoms with van der Waals surface area (Å²) in [6.45, 7) is 5.30. The molecule has 2 heterocycles. The van der Waals surface area contributed by atoms with Crippen molar-refractivity contribution in [2.75, 3.05) is 13.1 Å². The Morgan fingerprint density at radius 1 is 1.56 bits per heavy atom. The third kappa shape index (κ3) is 2.28. The first-order chi connectivity index (χ1) is 7.58. The molecule has 0 radical (unpaired) electrons. The molecule has 0 saturated carbocycles. The Hall–Kier alpha value is -0.870. The van der Waals surface area contributed by atoms with E-state index in [0.29, 0.717) is 6.54 Å². The topological polar surface area (TPSA) is 40.5 Å². The molecule has 1 fully saturated rings. The number of likely N-dealkylation sites (tertiary alicyclic amines) is 1. The second kappa shape index (κ2) is 4.55. The quantitative estimate of drug-likeness (QED) is 0.814. The largest absolute Gasteiger partial charge is 0.391 e. The minimum atomic E-state index is -0.347. The lowest BCUT2D eigenvalue weighted by Gasteiger charge is -2.29. The van der Waals surface area contributed by atoms with Gasteiger partial charge in [-0.1, -0.05) is 0 Å². The van der Waals surface area contributed by atoms with Crippen LogP contribution in [0.2, 0.25) is 0 Å². The van der Waals surface area contributed by atoms with Crippen molar-refractivity contribution in [3.05, 3.63) is 21.4 Å². The van der Waals surface area contributed by atoms with E-state index in [1.54, 1.807) is 16.2 Å². The van der Waals surface area contributed by atoms with Crippen LogP contribution in [0.25, 0.3) is 0 Å². The summed E-state index contributed by atoms with van der Waals surface area (Å²) in [5.41, 5.74) is 1.17. The van der Waals surface area contributed by atoms with Crippen LogP contribution in [-0.2, 0) is 0 Å². The number of aryl methyl sites for hydroxylation is 2. The van der Waals surface area contributed by atoms with Gasteiger partial charge in [-0.25, -0.2) is 0 Å². The molecule has 1 aromatic heterocycles. The first-order valence-electron chi connectivity index (χ1n) is 5.62. The lowest BCUT2D eigenvalue weighted by molar-refractivity contribution is 0.0477. The van der Waals surface area contributed by atoms with Crippen molar-refractivity contribution in [2.24, 2.45) is 0 Å². The van der Waals surface area contributed by atoms with E-state index in [-0.39, 0.29) is 12.0 Å². The highest BCUT2D eigenvalue weighted by atomic mass is 32.1. The van der Waals surface area contributed by atoms with Crippen molar-refractivity contribution in [3.8, 4) is 0 Å². The first kappa shape index (κ1) is 11.6. The molecule has 16 heavy (non-hydrogen) atoms. The van der Waals surface area contributed by atoms with Crippen LogP contribution in [0.4, 0.5) is 0 Å². The van der Waals surface area contributed by atoms with Crippen LogP contribution in [0, 0.1) is 13.8 Å². The van der Waals surface area contributed by atoms with E-state index in [1.807, 2.05) is 19.9 Å². The average molecular weight is 239 g/mol. The maximum absolute atomic E-state index is 12.1. The molecule has 3 nitrogen and oxygen atoms in total. The van der Waals surface area contributed by atoms with Gasteiger partial charge in [0, 0.05) is 18.0 Å². The molecule has 0 aliphatic carbocycles. The Morgan fingerprint density at radius 3 is 2.88 bits per heavy atom. The number of carbonyl (C=O) groups is 1. The minimum Gasteiger partial charge on any atom is -0.391 e. The fraction of sp³-hybridized carbons (Fsp3) is 0.583. The summed E-state index contributed by atoms with van der Waals surface area (Å²) in [5, 5.41) is 9.54. The van der Waals surface area contributed by atoms with Gasteiger partial charge < -0.3 is 10.0 Å². The maximum atomic E-state index is 12.1. The number of carbonyl (C=O) groups excluding carboxylic acids is 1. The Balaban J connectivity index is 2.12. The summed E-state index contributed by atoms with van der Waals surface area (Å²) in [6.07, 6.45) is 1.36. The fourth-order valence-electron chi connectivity index (χ4n) is 1.97. The zero-order chi connectivity index (χ0) is 11.7. The normalized spacial score (nSPS) is 21.2. The predicted octanol–water partition coefficient (Wildman–Crippen LogP) is 1.96. The summed E-state index contributed by atoms with van der Waals surface area (Å²) in [7, 11) is 0. The Kier molecular flexibility index (Phi) is 3.30. The molecule has 1 unspecified atom stereocenters. The summed E-state index contributed by atoms with van der Waals surface area (Å²) in [5.74, 6) is 0.0694. The monoisotopic (exact) mass is 239 g/mol. The molecular formula is C12H17NO2S. The summed E-state index contributed by atoms with van der Waals surface area (Å²) < 4.78 is 0. The maximum Gasteiger partial charge on any atom is 0.264 e. The van der Waals surface area contributed by atoms with Gasteiger partial charge in [0.05, 0.1) is 11.0 Å². The molecule has 0 spiro atoms. The molecule has 4 heteroatoms. The molecule has 1 aliphatic rings. The van der Waals surface area contributed by atoms with Gasteiger partial charge in [0.25, 0.3) is 5.91 Å². The lowest BCUT2D eigenvalue weighted by atomic mass is 10.1. The van der Waals surface area contributed by atoms with E-state index in [2.05, 4.69) is 0 Å². The van der Waals surface area contributed by atoms with Crippen LogP contribution in [0.1, 0.15) is 33.0 Å². The summed E-state index contributed by atoms with van der Waals surface area (Å²) in [6, 6.07) is 1.95. The smallest absolute Gasteiger partial charge is 0.264 e. The van der Waals surface area contributed by atoms with Crippen LogP contribution in [0.3, 0.4) is 0 Å².